The van der Waals surface area contributed by atoms with Crippen LogP contribution < -0.4 is 15.0 Å². The van der Waals surface area contributed by atoms with Gasteiger partial charge in [-0.15, -0.1) is 13.2 Å². The van der Waals surface area contributed by atoms with Crippen LogP contribution in [0.4, 0.5) is 24.9 Å². The summed E-state index contributed by atoms with van der Waals surface area (Å²) < 4.78 is 41.3. The monoisotopic (exact) mass is 546 g/mol. The van der Waals surface area contributed by atoms with Gasteiger partial charge in [-0.1, -0.05) is 12.8 Å². The van der Waals surface area contributed by atoms with Crippen molar-refractivity contribution in [2.45, 2.75) is 69.8 Å². The number of nitrogens with zero attached hydrogens (tertiary/aromatic N) is 5. The predicted octanol–water partition coefficient (Wildman–Crippen LogP) is 4.94. The Bertz CT molecular complexity index is 1090. The zero-order chi connectivity index (χ0) is 27.2. The van der Waals surface area contributed by atoms with Crippen LogP contribution in [0, 0.1) is 0 Å². The summed E-state index contributed by atoms with van der Waals surface area (Å²) in [6, 6.07) is 7.63. The summed E-state index contributed by atoms with van der Waals surface area (Å²) in [4.78, 5) is 29.1. The molecule has 3 aliphatic rings. The molecule has 8 nitrogen and oxygen atoms in total. The molecule has 0 saturated carbocycles. The van der Waals surface area contributed by atoms with E-state index in [-0.39, 0.29) is 23.7 Å². The van der Waals surface area contributed by atoms with Crippen molar-refractivity contribution in [3.05, 3.63) is 42.1 Å². The van der Waals surface area contributed by atoms with Crippen LogP contribution in [-0.2, 0) is 0 Å². The fourth-order valence-corrected chi connectivity index (χ4v) is 5.95. The number of ether oxygens (including phenoxy) is 1. The van der Waals surface area contributed by atoms with E-state index in [1.165, 1.54) is 49.9 Å². The molecule has 0 spiro atoms. The molecule has 3 aliphatic heterocycles. The van der Waals surface area contributed by atoms with Crippen molar-refractivity contribution in [2.75, 3.05) is 49.5 Å². The lowest BCUT2D eigenvalue weighted by Gasteiger charge is -2.43. The number of alkyl halides is 3. The van der Waals surface area contributed by atoms with Gasteiger partial charge in [-0.25, -0.2) is 4.98 Å². The van der Waals surface area contributed by atoms with Crippen molar-refractivity contribution in [2.24, 2.45) is 0 Å². The van der Waals surface area contributed by atoms with Gasteiger partial charge in [0, 0.05) is 56.6 Å². The Morgan fingerprint density at radius 3 is 2.38 bits per heavy atom. The van der Waals surface area contributed by atoms with Crippen molar-refractivity contribution in [3.63, 3.8) is 0 Å². The van der Waals surface area contributed by atoms with E-state index in [9.17, 15) is 18.0 Å². The van der Waals surface area contributed by atoms with Crippen LogP contribution in [0.3, 0.4) is 0 Å². The molecule has 2 atom stereocenters. The van der Waals surface area contributed by atoms with Gasteiger partial charge in [0.2, 0.25) is 5.95 Å². The first-order chi connectivity index (χ1) is 18.8. The van der Waals surface area contributed by atoms with Crippen molar-refractivity contribution in [3.8, 4) is 5.75 Å². The quantitative estimate of drug-likeness (QED) is 0.551. The molecule has 2 unspecified atom stereocenters. The molecule has 5 rings (SSSR count). The van der Waals surface area contributed by atoms with Gasteiger partial charge < -0.3 is 19.9 Å². The Labute approximate surface area is 227 Å². The number of piperidine rings is 2. The van der Waals surface area contributed by atoms with Crippen LogP contribution in [0.15, 0.2) is 36.5 Å². The first-order valence-corrected chi connectivity index (χ1v) is 14.1. The lowest BCUT2D eigenvalue weighted by Crippen LogP contribution is -2.54. The summed E-state index contributed by atoms with van der Waals surface area (Å²) in [5.74, 6) is 1.16. The van der Waals surface area contributed by atoms with Crippen LogP contribution in [0.2, 0.25) is 0 Å². The molecule has 4 heterocycles. The van der Waals surface area contributed by atoms with Crippen molar-refractivity contribution < 1.29 is 22.7 Å². The number of carbonyl (C=O) groups is 1. The SMILES string of the molecule is O=C(c1ccc(OC(F)(F)F)cc1)N1CCCC(N2CCCC(Nc3nccc(N4CCCCCC4)n3)C2)C1. The maximum absolute atomic E-state index is 13.1. The molecule has 3 saturated heterocycles. The molecule has 1 amide bonds. The Hall–Kier alpha value is -3.08. The standard InChI is InChI=1S/C28H37F3N6O2/c29-28(30,31)39-24-11-9-21(10-12-24)26(38)37-18-6-8-23(20-37)36-17-5-7-22(19-36)33-27-32-14-13-25(34-27)35-15-3-1-2-4-16-35/h9-14,22-23H,1-8,15-20H2,(H,32,33,34). The zero-order valence-corrected chi connectivity index (χ0v) is 22.2. The third-order valence-electron chi connectivity index (χ3n) is 7.89. The fourth-order valence-electron chi connectivity index (χ4n) is 5.95. The molecule has 1 aromatic carbocycles. The Morgan fingerprint density at radius 2 is 1.64 bits per heavy atom. The highest BCUT2D eigenvalue weighted by molar-refractivity contribution is 5.94. The topological polar surface area (TPSA) is 73.8 Å². The van der Waals surface area contributed by atoms with Gasteiger partial charge in [-0.05, 0) is 75.4 Å². The second-order valence-corrected chi connectivity index (χ2v) is 10.7. The molecule has 39 heavy (non-hydrogen) atoms. The van der Waals surface area contributed by atoms with Gasteiger partial charge >= 0.3 is 6.36 Å². The number of hydrogen-bond donors (Lipinski definition) is 1. The molecule has 1 aromatic heterocycles. The summed E-state index contributed by atoms with van der Waals surface area (Å²) in [5, 5.41) is 3.56. The van der Waals surface area contributed by atoms with E-state index < -0.39 is 6.36 Å². The highest BCUT2D eigenvalue weighted by Crippen LogP contribution is 2.26. The summed E-state index contributed by atoms with van der Waals surface area (Å²) >= 11 is 0. The number of halogens is 3. The Morgan fingerprint density at radius 1 is 0.897 bits per heavy atom. The normalized spacial score (nSPS) is 23.3. The molecule has 2 aromatic rings. The number of benzene rings is 1. The zero-order valence-electron chi connectivity index (χ0n) is 22.2. The summed E-state index contributed by atoms with van der Waals surface area (Å²) in [7, 11) is 0. The molecule has 0 aliphatic carbocycles. The van der Waals surface area contributed by atoms with Crippen molar-refractivity contribution in [1.29, 1.82) is 0 Å². The first-order valence-electron chi connectivity index (χ1n) is 14.1. The minimum atomic E-state index is -4.76. The predicted molar refractivity (Wildman–Crippen MR) is 143 cm³/mol. The van der Waals surface area contributed by atoms with Gasteiger partial charge in [0.05, 0.1) is 0 Å². The molecular formula is C28H37F3N6O2. The number of likely N-dealkylation sites (tertiary alicyclic amines) is 2. The molecule has 11 heteroatoms. The fraction of sp³-hybridized carbons (Fsp3) is 0.607. The second-order valence-electron chi connectivity index (χ2n) is 10.7. The number of carbonyl (C=O) groups excluding carboxylic acids is 1. The summed E-state index contributed by atoms with van der Waals surface area (Å²) in [6.45, 7) is 5.15. The molecule has 212 valence electrons. The maximum Gasteiger partial charge on any atom is 0.573 e. The van der Waals surface area contributed by atoms with Gasteiger partial charge in [0.1, 0.15) is 11.6 Å². The number of hydrogen-bond acceptors (Lipinski definition) is 7. The molecule has 0 bridgehead atoms. The van der Waals surface area contributed by atoms with Crippen molar-refractivity contribution >= 4 is 17.7 Å². The molecule has 1 N–H and O–H groups in total. The van der Waals surface area contributed by atoms with Gasteiger partial charge in [0.25, 0.3) is 5.91 Å². The lowest BCUT2D eigenvalue weighted by atomic mass is 9.98. The minimum absolute atomic E-state index is 0.163. The van der Waals surface area contributed by atoms with E-state index in [0.717, 1.165) is 57.7 Å². The maximum atomic E-state index is 13.1. The number of aromatic nitrogens is 2. The van der Waals surface area contributed by atoms with E-state index in [2.05, 4.69) is 24.8 Å². The molecule has 0 radical (unpaired) electrons. The summed E-state index contributed by atoms with van der Waals surface area (Å²) in [6.07, 6.45) is 6.01. The van der Waals surface area contributed by atoms with Gasteiger partial charge in [-0.3, -0.25) is 9.69 Å². The van der Waals surface area contributed by atoms with Crippen molar-refractivity contribution in [1.82, 2.24) is 19.8 Å². The highest BCUT2D eigenvalue weighted by atomic mass is 19.4. The molecule has 3 fully saturated rings. The van der Waals surface area contributed by atoms with Gasteiger partial charge in [0.15, 0.2) is 0 Å². The number of nitrogens with one attached hydrogen (secondary N) is 1. The van der Waals surface area contributed by atoms with E-state index in [1.807, 2.05) is 17.2 Å². The molecular weight excluding hydrogens is 509 g/mol. The smallest absolute Gasteiger partial charge is 0.406 e. The van der Waals surface area contributed by atoms with Crippen LogP contribution >= 0.6 is 0 Å². The third-order valence-corrected chi connectivity index (χ3v) is 7.89. The van der Waals surface area contributed by atoms with E-state index in [4.69, 9.17) is 4.98 Å². The number of rotatable bonds is 6. The second kappa shape index (κ2) is 12.4. The van der Waals surface area contributed by atoms with Gasteiger partial charge in [-0.2, -0.15) is 4.98 Å². The van der Waals surface area contributed by atoms with E-state index in [1.54, 1.807) is 0 Å². The van der Waals surface area contributed by atoms with Crippen LogP contribution in [-0.4, -0.2) is 83.4 Å². The Kier molecular flexibility index (Phi) is 8.74. The van der Waals surface area contributed by atoms with Crippen LogP contribution in [0.1, 0.15) is 61.7 Å². The van der Waals surface area contributed by atoms with Crippen LogP contribution in [0.5, 0.6) is 5.75 Å². The largest absolute Gasteiger partial charge is 0.573 e. The lowest BCUT2D eigenvalue weighted by molar-refractivity contribution is -0.274. The number of anilines is 2. The number of amides is 1. The van der Waals surface area contributed by atoms with E-state index in [0.29, 0.717) is 24.6 Å². The minimum Gasteiger partial charge on any atom is -0.406 e. The highest BCUT2D eigenvalue weighted by Gasteiger charge is 2.33. The average Bonchev–Trinajstić information content (AvgIpc) is 3.23. The van der Waals surface area contributed by atoms with E-state index >= 15 is 0 Å². The first kappa shape index (κ1) is 27.5. The van der Waals surface area contributed by atoms with Crippen LogP contribution in [0.25, 0.3) is 0 Å². The third kappa shape index (κ3) is 7.52. The summed E-state index contributed by atoms with van der Waals surface area (Å²) in [5.41, 5.74) is 0.366. The Balaban J connectivity index is 1.17. The average molecular weight is 547 g/mol.